The van der Waals surface area contributed by atoms with Crippen LogP contribution in [0.4, 0.5) is 5.00 Å². The quantitative estimate of drug-likeness (QED) is 0.812. The summed E-state index contributed by atoms with van der Waals surface area (Å²) in [5.74, 6) is 1.32. The summed E-state index contributed by atoms with van der Waals surface area (Å²) in [7, 11) is 0. The number of hydrogen-bond donors (Lipinski definition) is 2. The number of carbonyl (C=O) groups is 2. The van der Waals surface area contributed by atoms with Crippen molar-refractivity contribution in [3.63, 3.8) is 0 Å². The monoisotopic (exact) mass is 388 g/mol. The van der Waals surface area contributed by atoms with E-state index in [4.69, 9.17) is 9.47 Å². The summed E-state index contributed by atoms with van der Waals surface area (Å²) in [6.45, 7) is 6.83. The van der Waals surface area contributed by atoms with Gasteiger partial charge in [-0.1, -0.05) is 19.9 Å². The Hall–Kier alpha value is -2.54. The van der Waals surface area contributed by atoms with Gasteiger partial charge in [0.15, 0.2) is 11.5 Å². The summed E-state index contributed by atoms with van der Waals surface area (Å²) in [6, 6.07) is 9.10. The zero-order valence-electron chi connectivity index (χ0n) is 15.7. The lowest BCUT2D eigenvalue weighted by Crippen LogP contribution is -2.31. The predicted molar refractivity (Wildman–Crippen MR) is 106 cm³/mol. The maximum atomic E-state index is 12.7. The van der Waals surface area contributed by atoms with Crippen LogP contribution in [-0.4, -0.2) is 25.0 Å². The highest BCUT2D eigenvalue weighted by atomic mass is 32.1. The second-order valence-corrected chi connectivity index (χ2v) is 7.88. The molecule has 0 radical (unpaired) electrons. The maximum Gasteiger partial charge on any atom is 0.261 e. The Morgan fingerprint density at radius 2 is 1.81 bits per heavy atom. The van der Waals surface area contributed by atoms with Gasteiger partial charge in [-0.25, -0.2) is 0 Å². The topological polar surface area (TPSA) is 76.7 Å². The van der Waals surface area contributed by atoms with E-state index in [1.807, 2.05) is 18.2 Å². The zero-order chi connectivity index (χ0) is 19.4. The summed E-state index contributed by atoms with van der Waals surface area (Å²) >= 11 is 1.26. The molecule has 1 aromatic carbocycles. The molecule has 2 N–H and O–H groups in total. The number of thiophene rings is 1. The highest BCUT2D eigenvalue weighted by Crippen LogP contribution is 2.34. The largest absolute Gasteiger partial charge is 0.490 e. The van der Waals surface area contributed by atoms with Gasteiger partial charge in [0.25, 0.3) is 5.91 Å². The van der Waals surface area contributed by atoms with Gasteiger partial charge in [-0.2, -0.15) is 0 Å². The Labute approximate surface area is 162 Å². The number of fused-ring (bicyclic) bond motifs is 1. The van der Waals surface area contributed by atoms with E-state index < -0.39 is 0 Å². The lowest BCUT2D eigenvalue weighted by atomic mass is 9.95. The van der Waals surface area contributed by atoms with Crippen molar-refractivity contribution >= 4 is 28.2 Å². The van der Waals surface area contributed by atoms with Crippen molar-refractivity contribution in [3.8, 4) is 11.5 Å². The Morgan fingerprint density at radius 3 is 2.52 bits per heavy atom. The van der Waals surface area contributed by atoms with Crippen molar-refractivity contribution in [1.82, 2.24) is 5.32 Å². The molecule has 0 spiro atoms. The van der Waals surface area contributed by atoms with E-state index in [0.717, 1.165) is 17.7 Å². The minimum absolute atomic E-state index is 0.156. The van der Waals surface area contributed by atoms with Gasteiger partial charge in [0.05, 0.1) is 29.1 Å². The fourth-order valence-corrected chi connectivity index (χ4v) is 3.78. The van der Waals surface area contributed by atoms with E-state index in [1.165, 1.54) is 18.3 Å². The summed E-state index contributed by atoms with van der Waals surface area (Å²) in [5, 5.41) is 6.45. The first kappa shape index (κ1) is 19.2. The molecule has 2 aromatic rings. The molecule has 27 heavy (non-hydrogen) atoms. The fourth-order valence-electron chi connectivity index (χ4n) is 2.92. The molecule has 6 nitrogen and oxygen atoms in total. The molecule has 2 amide bonds. The first-order valence-corrected chi connectivity index (χ1v) is 9.83. The lowest BCUT2D eigenvalue weighted by molar-refractivity contribution is -0.114. The number of rotatable bonds is 5. The number of amides is 2. The van der Waals surface area contributed by atoms with Gasteiger partial charge < -0.3 is 20.1 Å². The Morgan fingerprint density at radius 1 is 1.07 bits per heavy atom. The SMILES string of the molecule is CC(=O)Nc1ccc(C(=O)NC(c2ccc3c(c2)OCCCO3)C(C)C)s1. The van der Waals surface area contributed by atoms with E-state index in [0.29, 0.717) is 28.8 Å². The molecule has 1 unspecified atom stereocenters. The van der Waals surface area contributed by atoms with Gasteiger partial charge in [0.1, 0.15) is 0 Å². The van der Waals surface area contributed by atoms with Crippen molar-refractivity contribution in [3.05, 3.63) is 40.8 Å². The molecule has 0 fully saturated rings. The van der Waals surface area contributed by atoms with Crippen LogP contribution in [0.5, 0.6) is 11.5 Å². The van der Waals surface area contributed by atoms with Gasteiger partial charge in [0.2, 0.25) is 5.91 Å². The predicted octanol–water partition coefficient (Wildman–Crippen LogP) is 3.99. The molecule has 0 saturated heterocycles. The van der Waals surface area contributed by atoms with Gasteiger partial charge in [-0.15, -0.1) is 11.3 Å². The number of hydrogen-bond acceptors (Lipinski definition) is 5. The summed E-state index contributed by atoms with van der Waals surface area (Å²) in [4.78, 5) is 24.4. The van der Waals surface area contributed by atoms with Crippen LogP contribution in [0.1, 0.15) is 48.5 Å². The van der Waals surface area contributed by atoms with Crippen molar-refractivity contribution in [2.75, 3.05) is 18.5 Å². The number of carbonyl (C=O) groups excluding carboxylic acids is 2. The molecule has 144 valence electrons. The van der Waals surface area contributed by atoms with Crippen LogP contribution in [0.2, 0.25) is 0 Å². The normalized spacial score (nSPS) is 14.4. The van der Waals surface area contributed by atoms with E-state index >= 15 is 0 Å². The van der Waals surface area contributed by atoms with Crippen LogP contribution in [0.15, 0.2) is 30.3 Å². The number of benzene rings is 1. The minimum atomic E-state index is -0.166. The third kappa shape index (κ3) is 4.80. The van der Waals surface area contributed by atoms with Gasteiger partial charge in [-0.05, 0) is 35.7 Å². The third-order valence-corrected chi connectivity index (χ3v) is 5.21. The molecule has 0 aliphatic carbocycles. The van der Waals surface area contributed by atoms with Crippen molar-refractivity contribution < 1.29 is 19.1 Å². The standard InChI is InChI=1S/C20H24N2O4S/c1-12(2)19(14-5-6-15-16(11-14)26-10-4-9-25-15)22-20(24)17-7-8-18(27-17)21-13(3)23/h5-8,11-12,19H,4,9-10H2,1-3H3,(H,21,23)(H,22,24). The van der Waals surface area contributed by atoms with Gasteiger partial charge >= 0.3 is 0 Å². The third-order valence-electron chi connectivity index (χ3n) is 4.21. The second kappa shape index (κ2) is 8.43. The van der Waals surface area contributed by atoms with E-state index in [9.17, 15) is 9.59 Å². The highest BCUT2D eigenvalue weighted by Gasteiger charge is 2.22. The minimum Gasteiger partial charge on any atom is -0.490 e. The highest BCUT2D eigenvalue weighted by molar-refractivity contribution is 7.18. The Kier molecular flexibility index (Phi) is 6.01. The molecule has 1 aliphatic rings. The summed E-state index contributed by atoms with van der Waals surface area (Å²) in [6.07, 6.45) is 0.851. The first-order chi connectivity index (χ1) is 12.9. The number of anilines is 1. The summed E-state index contributed by atoms with van der Waals surface area (Å²) < 4.78 is 11.5. The Bertz CT molecular complexity index is 831. The molecule has 2 heterocycles. The van der Waals surface area contributed by atoms with E-state index in [1.54, 1.807) is 12.1 Å². The molecule has 1 atom stereocenters. The van der Waals surface area contributed by atoms with Crippen LogP contribution in [0.25, 0.3) is 0 Å². The van der Waals surface area contributed by atoms with Crippen LogP contribution in [0.3, 0.4) is 0 Å². The average molecular weight is 388 g/mol. The van der Waals surface area contributed by atoms with E-state index in [-0.39, 0.29) is 23.8 Å². The van der Waals surface area contributed by atoms with Crippen molar-refractivity contribution in [1.29, 1.82) is 0 Å². The Balaban J connectivity index is 1.78. The lowest BCUT2D eigenvalue weighted by Gasteiger charge is -2.23. The van der Waals surface area contributed by atoms with E-state index in [2.05, 4.69) is 24.5 Å². The molecule has 0 saturated carbocycles. The van der Waals surface area contributed by atoms with Crippen molar-refractivity contribution in [2.24, 2.45) is 5.92 Å². The molecule has 1 aliphatic heterocycles. The van der Waals surface area contributed by atoms with Crippen molar-refractivity contribution in [2.45, 2.75) is 33.2 Å². The van der Waals surface area contributed by atoms with Crippen LogP contribution in [0, 0.1) is 5.92 Å². The number of ether oxygens (including phenoxy) is 2. The summed E-state index contributed by atoms with van der Waals surface area (Å²) in [5.41, 5.74) is 0.973. The first-order valence-electron chi connectivity index (χ1n) is 9.02. The molecule has 3 rings (SSSR count). The zero-order valence-corrected chi connectivity index (χ0v) is 16.5. The smallest absolute Gasteiger partial charge is 0.261 e. The molecular formula is C20H24N2O4S. The van der Waals surface area contributed by atoms with Gasteiger partial charge in [0, 0.05) is 13.3 Å². The second-order valence-electron chi connectivity index (χ2n) is 6.80. The van der Waals surface area contributed by atoms with Crippen LogP contribution < -0.4 is 20.1 Å². The van der Waals surface area contributed by atoms with Gasteiger partial charge in [-0.3, -0.25) is 9.59 Å². The molecule has 7 heteroatoms. The fraction of sp³-hybridized carbons (Fsp3) is 0.400. The molecule has 1 aromatic heterocycles. The molecule has 0 bridgehead atoms. The average Bonchev–Trinajstić information content (AvgIpc) is 2.95. The number of nitrogens with one attached hydrogen (secondary N) is 2. The van der Waals surface area contributed by atoms with Crippen LogP contribution in [-0.2, 0) is 4.79 Å². The maximum absolute atomic E-state index is 12.7. The molecular weight excluding hydrogens is 364 g/mol. The van der Waals surface area contributed by atoms with Crippen LogP contribution >= 0.6 is 11.3 Å².